The number of nitrogens with one attached hydrogen (secondary N) is 2. The van der Waals surface area contributed by atoms with E-state index in [0.717, 1.165) is 6.42 Å². The van der Waals surface area contributed by atoms with Crippen molar-refractivity contribution in [1.82, 2.24) is 20.6 Å². The molecule has 0 saturated heterocycles. The molecule has 122 valence electrons. The van der Waals surface area contributed by atoms with Crippen LogP contribution >= 0.6 is 0 Å². The van der Waals surface area contributed by atoms with Crippen LogP contribution in [-0.4, -0.2) is 32.9 Å². The van der Waals surface area contributed by atoms with Crippen LogP contribution in [0.4, 0.5) is 19.1 Å². The number of halogens is 3. The third-order valence-electron chi connectivity index (χ3n) is 3.83. The molecule has 0 bridgehead atoms. The largest absolute Gasteiger partial charge is 0.573 e. The highest BCUT2D eigenvalue weighted by molar-refractivity contribution is 5.98. The van der Waals surface area contributed by atoms with Gasteiger partial charge in [-0.15, -0.1) is 18.3 Å². The Morgan fingerprint density at radius 2 is 2.13 bits per heavy atom. The number of carbonyl (C=O) groups is 1. The van der Waals surface area contributed by atoms with Crippen molar-refractivity contribution in [2.24, 2.45) is 0 Å². The maximum atomic E-state index is 12.5. The number of alkyl halides is 3. The van der Waals surface area contributed by atoms with E-state index in [1.54, 1.807) is 6.07 Å². The summed E-state index contributed by atoms with van der Waals surface area (Å²) in [7, 11) is 0. The molecule has 1 fully saturated rings. The second-order valence-electron chi connectivity index (χ2n) is 5.20. The van der Waals surface area contributed by atoms with Crippen LogP contribution in [0.25, 0.3) is 0 Å². The topological polar surface area (TPSA) is 92.8 Å². The van der Waals surface area contributed by atoms with Gasteiger partial charge in [-0.3, -0.25) is 10.1 Å². The lowest BCUT2D eigenvalue weighted by Gasteiger charge is -2.40. The first kappa shape index (κ1) is 15.3. The van der Waals surface area contributed by atoms with E-state index < -0.39 is 11.8 Å². The van der Waals surface area contributed by atoms with Gasteiger partial charge in [-0.25, -0.2) is 0 Å². The fourth-order valence-electron chi connectivity index (χ4n) is 2.60. The highest BCUT2D eigenvalue weighted by atomic mass is 19.4. The molecule has 23 heavy (non-hydrogen) atoms. The van der Waals surface area contributed by atoms with E-state index in [1.807, 2.05) is 0 Å². The Morgan fingerprint density at radius 3 is 2.70 bits per heavy atom. The number of hydrogen-bond donors (Lipinski definition) is 2. The highest BCUT2D eigenvalue weighted by Gasteiger charge is 2.46. The summed E-state index contributed by atoms with van der Waals surface area (Å²) < 4.78 is 41.0. The smallest absolute Gasteiger partial charge is 0.406 e. The van der Waals surface area contributed by atoms with Crippen LogP contribution in [0.15, 0.2) is 24.3 Å². The average Bonchev–Trinajstić information content (AvgIpc) is 2.88. The van der Waals surface area contributed by atoms with Crippen molar-refractivity contribution in [2.45, 2.75) is 31.0 Å². The van der Waals surface area contributed by atoms with Gasteiger partial charge in [0, 0.05) is 0 Å². The van der Waals surface area contributed by atoms with Gasteiger partial charge in [0.1, 0.15) is 5.75 Å². The lowest BCUT2D eigenvalue weighted by atomic mass is 9.64. The number of H-pyrrole nitrogens is 1. The van der Waals surface area contributed by atoms with E-state index in [4.69, 9.17) is 0 Å². The van der Waals surface area contributed by atoms with Crippen LogP contribution in [0, 0.1) is 0 Å². The molecule has 1 amide bonds. The number of ether oxygens (including phenoxy) is 1. The summed E-state index contributed by atoms with van der Waals surface area (Å²) in [5.41, 5.74) is -0.447. The first-order valence-corrected chi connectivity index (χ1v) is 6.80. The fraction of sp³-hybridized carbons (Fsp3) is 0.385. The molecule has 0 unspecified atom stereocenters. The number of aromatic nitrogens is 4. The van der Waals surface area contributed by atoms with Crippen molar-refractivity contribution < 1.29 is 22.7 Å². The molecule has 0 radical (unpaired) electrons. The van der Waals surface area contributed by atoms with Crippen LogP contribution in [0.1, 0.15) is 24.8 Å². The molecule has 0 spiro atoms. The maximum Gasteiger partial charge on any atom is 0.573 e. The average molecular weight is 327 g/mol. The Labute approximate surface area is 128 Å². The second-order valence-corrected chi connectivity index (χ2v) is 5.20. The number of aromatic amines is 1. The molecule has 2 N–H and O–H groups in total. The zero-order valence-electron chi connectivity index (χ0n) is 11.7. The number of carbonyl (C=O) groups excluding carboxylic acids is 1. The number of amides is 1. The molecule has 1 aliphatic rings. The van der Waals surface area contributed by atoms with E-state index in [9.17, 15) is 18.0 Å². The lowest BCUT2D eigenvalue weighted by molar-refractivity contribution is -0.274. The Balaban J connectivity index is 1.85. The van der Waals surface area contributed by atoms with Gasteiger partial charge in [-0.2, -0.15) is 5.21 Å². The standard InChI is InChI=1S/C13H12F3N5O2/c14-13(15,16)23-9-4-1-3-8(7-9)12(5-2-6-12)10(22)17-11-18-20-21-19-11/h1,3-4,7H,2,5-6H2,(H2,17,18,19,20,21,22). The summed E-state index contributed by atoms with van der Waals surface area (Å²) in [4.78, 5) is 12.5. The lowest BCUT2D eigenvalue weighted by Crippen LogP contribution is -2.46. The summed E-state index contributed by atoms with van der Waals surface area (Å²) in [5.74, 6) is -0.716. The van der Waals surface area contributed by atoms with Gasteiger partial charge in [0.05, 0.1) is 5.41 Å². The second kappa shape index (κ2) is 5.52. The molecule has 2 aromatic rings. The van der Waals surface area contributed by atoms with Gasteiger partial charge in [-0.05, 0) is 35.8 Å². The maximum absolute atomic E-state index is 12.5. The number of rotatable bonds is 4. The monoisotopic (exact) mass is 327 g/mol. The molecule has 1 aliphatic carbocycles. The SMILES string of the molecule is O=C(Nc1nn[nH]n1)C1(c2cccc(OC(F)(F)F)c2)CCC1. The van der Waals surface area contributed by atoms with Crippen molar-refractivity contribution in [3.8, 4) is 5.75 Å². The van der Waals surface area contributed by atoms with Gasteiger partial charge in [-0.1, -0.05) is 23.7 Å². The Morgan fingerprint density at radius 1 is 1.35 bits per heavy atom. The molecular weight excluding hydrogens is 315 g/mol. The minimum absolute atomic E-state index is 0.0176. The van der Waals surface area contributed by atoms with E-state index >= 15 is 0 Å². The predicted molar refractivity (Wildman–Crippen MR) is 71.5 cm³/mol. The molecule has 1 aromatic heterocycles. The molecule has 3 rings (SSSR count). The molecule has 1 saturated carbocycles. The third-order valence-corrected chi connectivity index (χ3v) is 3.83. The van der Waals surface area contributed by atoms with Gasteiger partial charge in [0.25, 0.3) is 5.95 Å². The number of tetrazole rings is 1. The minimum atomic E-state index is -4.78. The first-order valence-electron chi connectivity index (χ1n) is 6.80. The van der Waals surface area contributed by atoms with E-state index in [1.165, 1.54) is 18.2 Å². The normalized spacial score (nSPS) is 16.5. The Hall–Kier alpha value is -2.65. The molecule has 0 atom stereocenters. The summed E-state index contributed by atoms with van der Waals surface area (Å²) in [6.45, 7) is 0. The fourth-order valence-corrected chi connectivity index (χ4v) is 2.60. The number of anilines is 1. The summed E-state index contributed by atoms with van der Waals surface area (Å²) >= 11 is 0. The van der Waals surface area contributed by atoms with E-state index in [2.05, 4.69) is 30.7 Å². The Bertz CT molecular complexity index is 698. The highest BCUT2D eigenvalue weighted by Crippen LogP contribution is 2.45. The molecule has 1 aromatic carbocycles. The van der Waals surface area contributed by atoms with Gasteiger partial charge in [0.15, 0.2) is 0 Å². The van der Waals surface area contributed by atoms with Crippen LogP contribution in [0.2, 0.25) is 0 Å². The number of hydrogen-bond acceptors (Lipinski definition) is 5. The van der Waals surface area contributed by atoms with Crippen molar-refractivity contribution >= 4 is 11.9 Å². The van der Waals surface area contributed by atoms with Crippen LogP contribution in [0.3, 0.4) is 0 Å². The molecule has 7 nitrogen and oxygen atoms in total. The molecule has 1 heterocycles. The van der Waals surface area contributed by atoms with Crippen molar-refractivity contribution in [1.29, 1.82) is 0 Å². The summed E-state index contributed by atoms with van der Waals surface area (Å²) in [6.07, 6.45) is -2.94. The van der Waals surface area contributed by atoms with Crippen LogP contribution in [0.5, 0.6) is 5.75 Å². The zero-order chi connectivity index (χ0) is 16.5. The summed E-state index contributed by atoms with van der Waals surface area (Å²) in [5, 5.41) is 15.3. The van der Waals surface area contributed by atoms with Crippen LogP contribution < -0.4 is 10.1 Å². The zero-order valence-corrected chi connectivity index (χ0v) is 11.7. The number of nitrogens with zero attached hydrogens (tertiary/aromatic N) is 3. The van der Waals surface area contributed by atoms with Crippen LogP contribution in [-0.2, 0) is 10.2 Å². The molecule has 0 aliphatic heterocycles. The van der Waals surface area contributed by atoms with Gasteiger partial charge >= 0.3 is 6.36 Å². The Kier molecular flexibility index (Phi) is 3.66. The van der Waals surface area contributed by atoms with E-state index in [0.29, 0.717) is 18.4 Å². The minimum Gasteiger partial charge on any atom is -0.406 e. The first-order chi connectivity index (χ1) is 10.9. The third kappa shape index (κ3) is 3.10. The van der Waals surface area contributed by atoms with Gasteiger partial charge in [0.2, 0.25) is 5.91 Å². The molecular formula is C13H12F3N5O2. The van der Waals surface area contributed by atoms with E-state index in [-0.39, 0.29) is 17.6 Å². The predicted octanol–water partition coefficient (Wildman–Crippen LogP) is 2.16. The quantitative estimate of drug-likeness (QED) is 0.898. The molecule has 10 heteroatoms. The van der Waals surface area contributed by atoms with Crippen molar-refractivity contribution in [3.63, 3.8) is 0 Å². The van der Waals surface area contributed by atoms with Crippen molar-refractivity contribution in [2.75, 3.05) is 5.32 Å². The van der Waals surface area contributed by atoms with Crippen molar-refractivity contribution in [3.05, 3.63) is 29.8 Å². The van der Waals surface area contributed by atoms with Gasteiger partial charge < -0.3 is 4.74 Å². The number of benzene rings is 1. The summed E-state index contributed by atoms with van der Waals surface area (Å²) in [6, 6.07) is 5.47.